The van der Waals surface area contributed by atoms with Gasteiger partial charge in [0.05, 0.1) is 0 Å². The van der Waals surface area contributed by atoms with E-state index >= 15 is 0 Å². The molecule has 2 heteroatoms. The molecule has 20 heavy (non-hydrogen) atoms. The quantitative estimate of drug-likeness (QED) is 0.911. The van der Waals surface area contributed by atoms with Crippen molar-refractivity contribution < 1.29 is 0 Å². The Morgan fingerprint density at radius 3 is 2.60 bits per heavy atom. The molecule has 0 spiro atoms. The SMILES string of the molecule is CCC[C@@H](c1cccc2ccccc12)N1CCNCC1. The summed E-state index contributed by atoms with van der Waals surface area (Å²) in [4.78, 5) is 2.65. The average molecular weight is 268 g/mol. The van der Waals surface area contributed by atoms with Crippen LogP contribution in [-0.4, -0.2) is 31.1 Å². The molecule has 3 rings (SSSR count). The van der Waals surface area contributed by atoms with Gasteiger partial charge in [-0.15, -0.1) is 0 Å². The average Bonchev–Trinajstić information content (AvgIpc) is 2.53. The van der Waals surface area contributed by atoms with E-state index in [4.69, 9.17) is 0 Å². The highest BCUT2D eigenvalue weighted by Crippen LogP contribution is 2.31. The van der Waals surface area contributed by atoms with Crippen molar-refractivity contribution in [3.63, 3.8) is 0 Å². The lowest BCUT2D eigenvalue weighted by Crippen LogP contribution is -2.45. The molecule has 0 aliphatic carbocycles. The molecular weight excluding hydrogens is 244 g/mol. The van der Waals surface area contributed by atoms with Crippen LogP contribution >= 0.6 is 0 Å². The molecule has 0 unspecified atom stereocenters. The van der Waals surface area contributed by atoms with Gasteiger partial charge >= 0.3 is 0 Å². The van der Waals surface area contributed by atoms with Gasteiger partial charge in [-0.3, -0.25) is 4.90 Å². The van der Waals surface area contributed by atoms with Crippen LogP contribution in [0.2, 0.25) is 0 Å². The van der Waals surface area contributed by atoms with E-state index in [0.717, 1.165) is 26.2 Å². The third-order valence-corrected chi connectivity index (χ3v) is 4.34. The minimum Gasteiger partial charge on any atom is -0.314 e. The molecule has 1 N–H and O–H groups in total. The monoisotopic (exact) mass is 268 g/mol. The molecular formula is C18H24N2. The maximum absolute atomic E-state index is 3.46. The standard InChI is InChI=1S/C18H24N2/c1-2-6-18(20-13-11-19-12-14-20)17-10-5-8-15-7-3-4-9-16(15)17/h3-5,7-10,18-19H,2,6,11-14H2,1H3/t18-/m0/s1. The van der Waals surface area contributed by atoms with Crippen molar-refractivity contribution in [1.29, 1.82) is 0 Å². The fourth-order valence-electron chi connectivity index (χ4n) is 3.34. The van der Waals surface area contributed by atoms with Crippen LogP contribution in [0.1, 0.15) is 31.4 Å². The van der Waals surface area contributed by atoms with E-state index in [0.29, 0.717) is 6.04 Å². The maximum Gasteiger partial charge on any atom is 0.0355 e. The van der Waals surface area contributed by atoms with Crippen LogP contribution in [-0.2, 0) is 0 Å². The Balaban J connectivity index is 2.00. The second-order valence-corrected chi connectivity index (χ2v) is 5.66. The van der Waals surface area contributed by atoms with E-state index in [1.807, 2.05) is 0 Å². The maximum atomic E-state index is 3.46. The van der Waals surface area contributed by atoms with Crippen LogP contribution in [0.4, 0.5) is 0 Å². The van der Waals surface area contributed by atoms with Crippen molar-refractivity contribution in [2.75, 3.05) is 26.2 Å². The summed E-state index contributed by atoms with van der Waals surface area (Å²) in [6.45, 7) is 6.85. The number of nitrogens with zero attached hydrogens (tertiary/aromatic N) is 1. The molecule has 106 valence electrons. The van der Waals surface area contributed by atoms with Crippen molar-refractivity contribution in [2.24, 2.45) is 0 Å². The Hall–Kier alpha value is -1.38. The molecule has 1 heterocycles. The van der Waals surface area contributed by atoms with Crippen molar-refractivity contribution >= 4 is 10.8 Å². The molecule has 0 aromatic heterocycles. The first-order chi connectivity index (χ1) is 9.90. The van der Waals surface area contributed by atoms with E-state index in [2.05, 4.69) is 59.6 Å². The third kappa shape index (κ3) is 2.72. The highest BCUT2D eigenvalue weighted by molar-refractivity contribution is 5.86. The van der Waals surface area contributed by atoms with Gasteiger partial charge in [-0.2, -0.15) is 0 Å². The predicted molar refractivity (Wildman–Crippen MR) is 86.0 cm³/mol. The van der Waals surface area contributed by atoms with Gasteiger partial charge in [0.2, 0.25) is 0 Å². The second-order valence-electron chi connectivity index (χ2n) is 5.66. The van der Waals surface area contributed by atoms with E-state index in [-0.39, 0.29) is 0 Å². The molecule has 0 bridgehead atoms. The highest BCUT2D eigenvalue weighted by atomic mass is 15.2. The largest absolute Gasteiger partial charge is 0.314 e. The Kier molecular flexibility index (Phi) is 4.34. The van der Waals surface area contributed by atoms with Gasteiger partial charge in [0.1, 0.15) is 0 Å². The minimum absolute atomic E-state index is 0.563. The number of nitrogens with one attached hydrogen (secondary N) is 1. The number of hydrogen-bond donors (Lipinski definition) is 1. The van der Waals surface area contributed by atoms with Gasteiger partial charge in [-0.1, -0.05) is 55.8 Å². The molecule has 2 nitrogen and oxygen atoms in total. The van der Waals surface area contributed by atoms with E-state index in [9.17, 15) is 0 Å². The van der Waals surface area contributed by atoms with Crippen LogP contribution in [0.15, 0.2) is 42.5 Å². The zero-order valence-electron chi connectivity index (χ0n) is 12.3. The lowest BCUT2D eigenvalue weighted by Gasteiger charge is -2.35. The summed E-state index contributed by atoms with van der Waals surface area (Å²) in [6, 6.07) is 16.1. The second kappa shape index (κ2) is 6.38. The summed E-state index contributed by atoms with van der Waals surface area (Å²) in [5.74, 6) is 0. The number of rotatable bonds is 4. The first kappa shape index (κ1) is 13.6. The van der Waals surface area contributed by atoms with Gasteiger partial charge in [-0.25, -0.2) is 0 Å². The molecule has 1 atom stereocenters. The highest BCUT2D eigenvalue weighted by Gasteiger charge is 2.22. The van der Waals surface area contributed by atoms with Crippen LogP contribution < -0.4 is 5.32 Å². The fraction of sp³-hybridized carbons (Fsp3) is 0.444. The van der Waals surface area contributed by atoms with E-state index in [1.165, 1.54) is 29.2 Å². The predicted octanol–water partition coefficient (Wildman–Crippen LogP) is 3.59. The normalized spacial score (nSPS) is 18.2. The fourth-order valence-corrected chi connectivity index (χ4v) is 3.34. The minimum atomic E-state index is 0.563. The number of hydrogen-bond acceptors (Lipinski definition) is 2. The van der Waals surface area contributed by atoms with Crippen LogP contribution in [0.25, 0.3) is 10.8 Å². The lowest BCUT2D eigenvalue weighted by molar-refractivity contribution is 0.165. The van der Waals surface area contributed by atoms with Gasteiger partial charge < -0.3 is 5.32 Å². The molecule has 1 aliphatic rings. The molecule has 0 amide bonds. The topological polar surface area (TPSA) is 15.3 Å². The van der Waals surface area contributed by atoms with Gasteiger partial charge in [0, 0.05) is 32.2 Å². The Bertz CT molecular complexity index is 553. The molecule has 0 radical (unpaired) electrons. The zero-order valence-corrected chi connectivity index (χ0v) is 12.3. The number of piperazine rings is 1. The van der Waals surface area contributed by atoms with E-state index in [1.54, 1.807) is 0 Å². The van der Waals surface area contributed by atoms with Crippen molar-refractivity contribution in [3.05, 3.63) is 48.0 Å². The summed E-state index contributed by atoms with van der Waals surface area (Å²) in [5, 5.41) is 6.24. The first-order valence-electron chi connectivity index (χ1n) is 7.82. The van der Waals surface area contributed by atoms with Crippen molar-refractivity contribution in [2.45, 2.75) is 25.8 Å². The molecule has 2 aromatic rings. The zero-order chi connectivity index (χ0) is 13.8. The van der Waals surface area contributed by atoms with Gasteiger partial charge in [-0.05, 0) is 22.8 Å². The number of benzene rings is 2. The smallest absolute Gasteiger partial charge is 0.0355 e. The molecule has 2 aromatic carbocycles. The molecule has 1 aliphatic heterocycles. The Labute approximate surface area is 121 Å². The summed E-state index contributed by atoms with van der Waals surface area (Å²) >= 11 is 0. The summed E-state index contributed by atoms with van der Waals surface area (Å²) in [7, 11) is 0. The van der Waals surface area contributed by atoms with Crippen LogP contribution in [0.3, 0.4) is 0 Å². The molecule has 0 saturated carbocycles. The Morgan fingerprint density at radius 1 is 1.05 bits per heavy atom. The molecule has 1 saturated heterocycles. The summed E-state index contributed by atoms with van der Waals surface area (Å²) < 4.78 is 0. The summed E-state index contributed by atoms with van der Waals surface area (Å²) in [6.07, 6.45) is 2.48. The van der Waals surface area contributed by atoms with Crippen LogP contribution in [0, 0.1) is 0 Å². The summed E-state index contributed by atoms with van der Waals surface area (Å²) in [5.41, 5.74) is 1.51. The van der Waals surface area contributed by atoms with Crippen molar-refractivity contribution in [3.8, 4) is 0 Å². The third-order valence-electron chi connectivity index (χ3n) is 4.34. The Morgan fingerprint density at radius 2 is 1.80 bits per heavy atom. The van der Waals surface area contributed by atoms with E-state index < -0.39 is 0 Å². The number of fused-ring (bicyclic) bond motifs is 1. The van der Waals surface area contributed by atoms with Gasteiger partial charge in [0.15, 0.2) is 0 Å². The lowest BCUT2D eigenvalue weighted by atomic mass is 9.94. The van der Waals surface area contributed by atoms with Crippen molar-refractivity contribution in [1.82, 2.24) is 10.2 Å². The van der Waals surface area contributed by atoms with Gasteiger partial charge in [0.25, 0.3) is 0 Å². The first-order valence-corrected chi connectivity index (χ1v) is 7.82. The molecule has 1 fully saturated rings. The van der Waals surface area contributed by atoms with Crippen LogP contribution in [0.5, 0.6) is 0 Å².